The van der Waals surface area contributed by atoms with Crippen LogP contribution in [0.3, 0.4) is 0 Å². The van der Waals surface area contributed by atoms with Crippen molar-refractivity contribution in [3.63, 3.8) is 0 Å². The van der Waals surface area contributed by atoms with Crippen molar-refractivity contribution in [2.24, 2.45) is 0 Å². The fourth-order valence-corrected chi connectivity index (χ4v) is 3.43. The first-order valence-corrected chi connectivity index (χ1v) is 11.7. The average Bonchev–Trinajstić information content (AvgIpc) is 2.78. The Labute approximate surface area is 135 Å². The van der Waals surface area contributed by atoms with E-state index in [4.69, 9.17) is 4.74 Å². The van der Waals surface area contributed by atoms with Crippen molar-refractivity contribution in [2.45, 2.75) is 39.3 Å². The van der Waals surface area contributed by atoms with E-state index in [1.165, 1.54) is 0 Å². The minimum Gasteiger partial charge on any atom is -0.361 e. The maximum atomic E-state index is 11.8. The van der Waals surface area contributed by atoms with Gasteiger partial charge in [-0.05, 0) is 31.2 Å². The molecule has 0 aliphatic heterocycles. The van der Waals surface area contributed by atoms with Gasteiger partial charge in [0.2, 0.25) is 0 Å². The van der Waals surface area contributed by atoms with E-state index >= 15 is 0 Å². The fourth-order valence-electron chi connectivity index (χ4n) is 2.22. The highest BCUT2D eigenvalue weighted by Gasteiger charge is 2.14. The van der Waals surface area contributed by atoms with Gasteiger partial charge in [-0.25, -0.2) is 0 Å². The minimum absolute atomic E-state index is 0.0783. The highest BCUT2D eigenvalue weighted by atomic mass is 79.9. The summed E-state index contributed by atoms with van der Waals surface area (Å²) >= 11 is 3.54. The van der Waals surface area contributed by atoms with Crippen molar-refractivity contribution >= 4 is 40.7 Å². The third-order valence-corrected chi connectivity index (χ3v) is 5.87. The summed E-state index contributed by atoms with van der Waals surface area (Å²) in [5, 5.41) is 1.05. The highest BCUT2D eigenvalue weighted by Crippen LogP contribution is 2.28. The SMILES string of the molecule is CC(=O)c1ccc(Br)c2ccn(COCC[Si](C)(C)C)c12. The second-order valence-corrected chi connectivity index (χ2v) is 13.0. The van der Waals surface area contributed by atoms with Crippen LogP contribution in [0.2, 0.25) is 25.7 Å². The van der Waals surface area contributed by atoms with Gasteiger partial charge in [-0.2, -0.15) is 0 Å². The van der Waals surface area contributed by atoms with Crippen molar-refractivity contribution in [3.8, 4) is 0 Å². The molecule has 1 heterocycles. The molecule has 114 valence electrons. The lowest BCUT2D eigenvalue weighted by atomic mass is 10.1. The molecular weight excluding hydrogens is 346 g/mol. The highest BCUT2D eigenvalue weighted by molar-refractivity contribution is 9.10. The van der Waals surface area contributed by atoms with E-state index in [2.05, 4.69) is 35.6 Å². The van der Waals surface area contributed by atoms with Crippen molar-refractivity contribution in [1.29, 1.82) is 0 Å². The maximum absolute atomic E-state index is 11.8. The van der Waals surface area contributed by atoms with Crippen molar-refractivity contribution in [2.75, 3.05) is 6.61 Å². The molecule has 1 aromatic carbocycles. The molecule has 0 saturated carbocycles. The van der Waals surface area contributed by atoms with E-state index < -0.39 is 8.07 Å². The van der Waals surface area contributed by atoms with Gasteiger partial charge in [0.05, 0.1) is 5.52 Å². The monoisotopic (exact) mass is 367 g/mol. The summed E-state index contributed by atoms with van der Waals surface area (Å²) in [6.07, 6.45) is 1.98. The number of carbonyl (C=O) groups excluding carboxylic acids is 1. The van der Waals surface area contributed by atoms with Crippen LogP contribution in [0.25, 0.3) is 10.9 Å². The lowest BCUT2D eigenvalue weighted by Crippen LogP contribution is -2.22. The van der Waals surface area contributed by atoms with E-state index in [0.717, 1.165) is 33.6 Å². The van der Waals surface area contributed by atoms with Gasteiger partial charge in [0.25, 0.3) is 0 Å². The topological polar surface area (TPSA) is 31.2 Å². The normalized spacial score (nSPS) is 12.0. The molecule has 2 rings (SSSR count). The molecule has 0 amide bonds. The third kappa shape index (κ3) is 4.05. The number of Topliss-reactive ketones (excluding diaryl/α,β-unsaturated/α-hetero) is 1. The Morgan fingerprint density at radius 3 is 2.62 bits per heavy atom. The van der Waals surface area contributed by atoms with Gasteiger partial charge in [-0.1, -0.05) is 35.6 Å². The maximum Gasteiger partial charge on any atom is 0.161 e. The van der Waals surface area contributed by atoms with Crippen LogP contribution in [0, 0.1) is 0 Å². The smallest absolute Gasteiger partial charge is 0.161 e. The molecule has 3 nitrogen and oxygen atoms in total. The van der Waals surface area contributed by atoms with E-state index in [9.17, 15) is 4.79 Å². The predicted octanol–water partition coefficient (Wildman–Crippen LogP) is 4.92. The number of carbonyl (C=O) groups is 1. The van der Waals surface area contributed by atoms with Crippen LogP contribution in [0.4, 0.5) is 0 Å². The Morgan fingerprint density at radius 2 is 2.00 bits per heavy atom. The largest absolute Gasteiger partial charge is 0.361 e. The first-order chi connectivity index (χ1) is 9.79. The third-order valence-electron chi connectivity index (χ3n) is 3.48. The molecule has 0 fully saturated rings. The van der Waals surface area contributed by atoms with Crippen molar-refractivity contribution in [1.82, 2.24) is 4.57 Å². The number of hydrogen-bond acceptors (Lipinski definition) is 2. The Balaban J connectivity index is 2.21. The fraction of sp³-hybridized carbons (Fsp3) is 0.438. The number of benzene rings is 1. The van der Waals surface area contributed by atoms with Gasteiger partial charge in [0.15, 0.2) is 5.78 Å². The Kier molecular flexibility index (Phi) is 5.06. The van der Waals surface area contributed by atoms with Gasteiger partial charge >= 0.3 is 0 Å². The summed E-state index contributed by atoms with van der Waals surface area (Å²) in [5.74, 6) is 0.0783. The second-order valence-electron chi connectivity index (χ2n) is 6.55. The lowest BCUT2D eigenvalue weighted by molar-refractivity contribution is 0.0899. The quantitative estimate of drug-likeness (QED) is 0.412. The van der Waals surface area contributed by atoms with Crippen LogP contribution in [0.15, 0.2) is 28.9 Å². The number of rotatable bonds is 6. The summed E-state index contributed by atoms with van der Waals surface area (Å²) in [5.41, 5.74) is 1.69. The van der Waals surface area contributed by atoms with Gasteiger partial charge in [-0.3, -0.25) is 4.79 Å². The Bertz CT molecular complexity index is 658. The molecule has 2 aromatic rings. The summed E-state index contributed by atoms with van der Waals surface area (Å²) < 4.78 is 8.83. The molecule has 0 spiro atoms. The molecule has 1 aromatic heterocycles. The zero-order valence-electron chi connectivity index (χ0n) is 13.1. The molecule has 0 saturated heterocycles. The van der Waals surface area contributed by atoms with E-state index in [1.54, 1.807) is 6.92 Å². The van der Waals surface area contributed by atoms with Gasteiger partial charge in [0.1, 0.15) is 6.73 Å². The molecule has 0 atom stereocenters. The molecule has 0 aliphatic carbocycles. The molecule has 0 radical (unpaired) electrons. The number of ketones is 1. The zero-order chi connectivity index (χ0) is 15.6. The standard InChI is InChI=1S/C16H22BrNO2Si/c1-12(19)13-5-6-15(17)14-7-8-18(16(13)14)11-20-9-10-21(2,3)4/h5-8H,9-11H2,1-4H3. The van der Waals surface area contributed by atoms with Gasteiger partial charge in [0, 0.05) is 36.3 Å². The Hall–Kier alpha value is -0.913. The van der Waals surface area contributed by atoms with E-state index in [1.807, 2.05) is 29.0 Å². The summed E-state index contributed by atoms with van der Waals surface area (Å²) in [6.45, 7) is 9.89. The van der Waals surface area contributed by atoms with Crippen LogP contribution >= 0.6 is 15.9 Å². The van der Waals surface area contributed by atoms with Crippen LogP contribution < -0.4 is 0 Å². The number of hydrogen-bond donors (Lipinski definition) is 0. The molecule has 0 aliphatic rings. The molecular formula is C16H22BrNO2Si. The second kappa shape index (κ2) is 6.46. The summed E-state index contributed by atoms with van der Waals surface area (Å²) in [6, 6.07) is 6.96. The molecule has 0 N–H and O–H groups in total. The average molecular weight is 368 g/mol. The van der Waals surface area contributed by atoms with Crippen LogP contribution in [-0.2, 0) is 11.5 Å². The van der Waals surface area contributed by atoms with Crippen LogP contribution in [0.5, 0.6) is 0 Å². The van der Waals surface area contributed by atoms with Crippen LogP contribution in [-0.4, -0.2) is 25.0 Å². The molecule has 21 heavy (non-hydrogen) atoms. The molecule has 0 unspecified atom stereocenters. The number of aromatic nitrogens is 1. The van der Waals surface area contributed by atoms with Crippen molar-refractivity contribution in [3.05, 3.63) is 34.4 Å². The lowest BCUT2D eigenvalue weighted by Gasteiger charge is -2.16. The van der Waals surface area contributed by atoms with Crippen LogP contribution in [0.1, 0.15) is 17.3 Å². The predicted molar refractivity (Wildman–Crippen MR) is 93.7 cm³/mol. The summed E-state index contributed by atoms with van der Waals surface area (Å²) in [7, 11) is -1.07. The van der Waals surface area contributed by atoms with Crippen molar-refractivity contribution < 1.29 is 9.53 Å². The molecule has 5 heteroatoms. The minimum atomic E-state index is -1.07. The number of ether oxygens (including phenoxy) is 1. The number of fused-ring (bicyclic) bond motifs is 1. The number of nitrogens with zero attached hydrogens (tertiary/aromatic N) is 1. The summed E-state index contributed by atoms with van der Waals surface area (Å²) in [4.78, 5) is 11.8. The zero-order valence-corrected chi connectivity index (χ0v) is 15.7. The van der Waals surface area contributed by atoms with Gasteiger partial charge in [-0.15, -0.1) is 0 Å². The van der Waals surface area contributed by atoms with E-state index in [0.29, 0.717) is 6.73 Å². The first kappa shape index (κ1) is 16.5. The van der Waals surface area contributed by atoms with E-state index in [-0.39, 0.29) is 5.78 Å². The molecule has 0 bridgehead atoms. The van der Waals surface area contributed by atoms with Gasteiger partial charge < -0.3 is 9.30 Å². The number of halogens is 1. The first-order valence-electron chi connectivity index (χ1n) is 7.15. The Morgan fingerprint density at radius 1 is 1.29 bits per heavy atom.